The summed E-state index contributed by atoms with van der Waals surface area (Å²) >= 11 is 0. The van der Waals surface area contributed by atoms with Crippen LogP contribution in [0.2, 0.25) is 0 Å². The lowest BCUT2D eigenvalue weighted by Crippen LogP contribution is -2.26. The third-order valence-electron chi connectivity index (χ3n) is 3.76. The summed E-state index contributed by atoms with van der Waals surface area (Å²) in [4.78, 5) is 16.3. The van der Waals surface area contributed by atoms with Crippen molar-refractivity contribution in [2.24, 2.45) is 0 Å². The number of hydrogen-bond acceptors (Lipinski definition) is 6. The van der Waals surface area contributed by atoms with Gasteiger partial charge in [0.1, 0.15) is 12.3 Å². The van der Waals surface area contributed by atoms with Crippen LogP contribution in [-0.4, -0.2) is 25.8 Å². The van der Waals surface area contributed by atoms with Crippen LogP contribution in [0.1, 0.15) is 11.7 Å². The van der Waals surface area contributed by atoms with Crippen molar-refractivity contribution in [1.29, 1.82) is 0 Å². The third kappa shape index (κ3) is 3.14. The molecule has 3 heterocycles. The summed E-state index contributed by atoms with van der Waals surface area (Å²) in [7, 11) is 0. The highest BCUT2D eigenvalue weighted by Gasteiger charge is 2.13. The zero-order valence-corrected chi connectivity index (χ0v) is 13.5. The van der Waals surface area contributed by atoms with E-state index in [0.717, 1.165) is 10.9 Å². The Bertz CT molecular complexity index is 1030. The summed E-state index contributed by atoms with van der Waals surface area (Å²) in [5.41, 5.74) is 1.51. The zero-order chi connectivity index (χ0) is 17.2. The van der Waals surface area contributed by atoms with Crippen LogP contribution >= 0.6 is 0 Å². The highest BCUT2D eigenvalue weighted by molar-refractivity contribution is 5.83. The Morgan fingerprint density at radius 1 is 1.20 bits per heavy atom. The number of para-hydroxylation sites is 1. The first-order valence-electron chi connectivity index (χ1n) is 7.76. The van der Waals surface area contributed by atoms with Crippen molar-refractivity contribution in [3.05, 3.63) is 54.2 Å². The Labute approximate surface area is 142 Å². The van der Waals surface area contributed by atoms with E-state index < -0.39 is 0 Å². The van der Waals surface area contributed by atoms with E-state index in [-0.39, 0.29) is 19.0 Å². The summed E-state index contributed by atoms with van der Waals surface area (Å²) in [6, 6.07) is 11.6. The van der Waals surface area contributed by atoms with Gasteiger partial charge in [-0.1, -0.05) is 28.5 Å². The predicted molar refractivity (Wildman–Crippen MR) is 88.3 cm³/mol. The topological polar surface area (TPSA) is 99.0 Å². The van der Waals surface area contributed by atoms with Crippen LogP contribution < -0.4 is 5.32 Å². The van der Waals surface area contributed by atoms with Crippen molar-refractivity contribution >= 4 is 16.8 Å². The van der Waals surface area contributed by atoms with Crippen molar-refractivity contribution < 1.29 is 13.8 Å². The van der Waals surface area contributed by atoms with Gasteiger partial charge in [0, 0.05) is 17.8 Å². The van der Waals surface area contributed by atoms with Crippen molar-refractivity contribution in [2.45, 2.75) is 20.0 Å². The Balaban J connectivity index is 1.38. The fraction of sp³-hybridized carbons (Fsp3) is 0.176. The molecule has 0 radical (unpaired) electrons. The number of rotatable bonds is 5. The minimum atomic E-state index is -0.140. The van der Waals surface area contributed by atoms with Gasteiger partial charge in [-0.25, -0.2) is 0 Å². The van der Waals surface area contributed by atoms with Crippen LogP contribution in [0, 0.1) is 6.92 Å². The van der Waals surface area contributed by atoms with E-state index in [1.165, 1.54) is 0 Å². The molecule has 1 N–H and O–H groups in total. The van der Waals surface area contributed by atoms with E-state index in [2.05, 4.69) is 20.6 Å². The molecule has 0 unspecified atom stereocenters. The molecular formula is C17H15N5O3. The van der Waals surface area contributed by atoms with Gasteiger partial charge in [-0.05, 0) is 24.4 Å². The van der Waals surface area contributed by atoms with Crippen molar-refractivity contribution in [3.63, 3.8) is 0 Å². The lowest BCUT2D eigenvalue weighted by Gasteiger charge is -2.05. The van der Waals surface area contributed by atoms with Crippen LogP contribution in [-0.2, 0) is 17.9 Å². The number of carbonyl (C=O) groups excluding carboxylic acids is 1. The van der Waals surface area contributed by atoms with Crippen molar-refractivity contribution in [2.75, 3.05) is 0 Å². The summed E-state index contributed by atoms with van der Waals surface area (Å²) in [5, 5.41) is 11.5. The maximum atomic E-state index is 12.2. The van der Waals surface area contributed by atoms with Gasteiger partial charge in [0.25, 0.3) is 0 Å². The van der Waals surface area contributed by atoms with Crippen molar-refractivity contribution in [1.82, 2.24) is 25.2 Å². The Kier molecular flexibility index (Phi) is 3.77. The van der Waals surface area contributed by atoms with E-state index in [9.17, 15) is 4.79 Å². The number of benzene rings is 1. The molecule has 1 aromatic carbocycles. The van der Waals surface area contributed by atoms with E-state index in [4.69, 9.17) is 9.05 Å². The fourth-order valence-electron chi connectivity index (χ4n) is 2.57. The first kappa shape index (κ1) is 15.1. The highest BCUT2D eigenvalue weighted by atomic mass is 16.5. The predicted octanol–water partition coefficient (Wildman–Crippen LogP) is 2.30. The molecule has 0 aliphatic rings. The van der Waals surface area contributed by atoms with Crippen LogP contribution in [0.5, 0.6) is 0 Å². The maximum absolute atomic E-state index is 12.2. The number of aromatic nitrogens is 4. The fourth-order valence-corrected chi connectivity index (χ4v) is 2.57. The molecule has 4 aromatic rings. The zero-order valence-electron chi connectivity index (χ0n) is 13.5. The Hall–Kier alpha value is -3.42. The average molecular weight is 337 g/mol. The monoisotopic (exact) mass is 337 g/mol. The molecule has 1 amide bonds. The number of carbonyl (C=O) groups is 1. The van der Waals surface area contributed by atoms with Crippen LogP contribution in [0.4, 0.5) is 0 Å². The van der Waals surface area contributed by atoms with Gasteiger partial charge in [0.05, 0.1) is 6.54 Å². The molecule has 0 saturated heterocycles. The van der Waals surface area contributed by atoms with Crippen LogP contribution in [0.25, 0.3) is 22.4 Å². The van der Waals surface area contributed by atoms with Gasteiger partial charge in [-0.3, -0.25) is 4.79 Å². The number of nitrogens with one attached hydrogen (secondary N) is 1. The van der Waals surface area contributed by atoms with E-state index >= 15 is 0 Å². The second-order valence-corrected chi connectivity index (χ2v) is 5.61. The minimum absolute atomic E-state index is 0.140. The first-order chi connectivity index (χ1) is 12.2. The highest BCUT2D eigenvalue weighted by Crippen LogP contribution is 2.16. The van der Waals surface area contributed by atoms with E-state index in [0.29, 0.717) is 23.2 Å². The number of fused-ring (bicyclic) bond motifs is 1. The molecule has 0 bridgehead atoms. The summed E-state index contributed by atoms with van der Waals surface area (Å²) in [5.74, 6) is 1.16. The van der Waals surface area contributed by atoms with E-state index in [1.807, 2.05) is 41.1 Å². The van der Waals surface area contributed by atoms with Gasteiger partial charge in [0.15, 0.2) is 5.69 Å². The van der Waals surface area contributed by atoms with E-state index in [1.54, 1.807) is 13.0 Å². The number of amides is 1. The number of nitrogens with zero attached hydrogens (tertiary/aromatic N) is 4. The largest absolute Gasteiger partial charge is 0.361 e. The van der Waals surface area contributed by atoms with Crippen LogP contribution in [0.3, 0.4) is 0 Å². The lowest BCUT2D eigenvalue weighted by molar-refractivity contribution is -0.121. The molecular weight excluding hydrogens is 322 g/mol. The second-order valence-electron chi connectivity index (χ2n) is 5.61. The minimum Gasteiger partial charge on any atom is -0.361 e. The molecule has 126 valence electrons. The SMILES string of the molecule is Cc1cc(-c2noc(CNC(=O)Cn3ccc4ccccc43)n2)no1. The average Bonchev–Trinajstić information content (AvgIpc) is 3.33. The molecule has 0 saturated carbocycles. The molecule has 3 aromatic heterocycles. The molecule has 25 heavy (non-hydrogen) atoms. The molecule has 4 rings (SSSR count). The second kappa shape index (κ2) is 6.23. The number of hydrogen-bond donors (Lipinski definition) is 1. The van der Waals surface area contributed by atoms with Gasteiger partial charge < -0.3 is 18.9 Å². The van der Waals surface area contributed by atoms with Crippen molar-refractivity contribution in [3.8, 4) is 11.5 Å². The third-order valence-corrected chi connectivity index (χ3v) is 3.76. The smallest absolute Gasteiger partial charge is 0.246 e. The molecule has 0 atom stereocenters. The number of aryl methyl sites for hydroxylation is 1. The summed E-state index contributed by atoms with van der Waals surface area (Å²) < 4.78 is 12.0. The first-order valence-corrected chi connectivity index (χ1v) is 7.76. The maximum Gasteiger partial charge on any atom is 0.246 e. The lowest BCUT2D eigenvalue weighted by atomic mass is 10.2. The molecule has 8 heteroatoms. The molecule has 0 fully saturated rings. The summed E-state index contributed by atoms with van der Waals surface area (Å²) in [6.07, 6.45) is 1.89. The van der Waals surface area contributed by atoms with Gasteiger partial charge >= 0.3 is 0 Å². The Morgan fingerprint density at radius 2 is 2.08 bits per heavy atom. The molecule has 8 nitrogen and oxygen atoms in total. The molecule has 0 aliphatic carbocycles. The quantitative estimate of drug-likeness (QED) is 0.600. The molecule has 0 spiro atoms. The van der Waals surface area contributed by atoms with Gasteiger partial charge in [0.2, 0.25) is 17.6 Å². The Morgan fingerprint density at radius 3 is 2.92 bits per heavy atom. The standard InChI is InChI=1S/C17H15N5O3/c1-11-8-13(20-24-11)17-19-16(25-21-17)9-18-15(23)10-22-7-6-12-4-2-3-5-14(12)22/h2-8H,9-10H2,1H3,(H,18,23). The van der Waals surface area contributed by atoms with Gasteiger partial charge in [-0.15, -0.1) is 0 Å². The normalized spacial score (nSPS) is 11.1. The summed E-state index contributed by atoms with van der Waals surface area (Å²) in [6.45, 7) is 2.15. The van der Waals surface area contributed by atoms with Crippen LogP contribution in [0.15, 0.2) is 51.6 Å². The molecule has 0 aliphatic heterocycles. The van der Waals surface area contributed by atoms with Gasteiger partial charge in [-0.2, -0.15) is 4.98 Å².